The van der Waals surface area contributed by atoms with Crippen LogP contribution in [-0.2, 0) is 71.6 Å². The largest absolute Gasteiger partial charge is 0.396 e. The molecule has 2 rings (SSSR count). The van der Waals surface area contributed by atoms with Gasteiger partial charge in [-0.2, -0.15) is 0 Å². The molecule has 574 valence electrons. The topological polar surface area (TPSA) is 520 Å². The van der Waals surface area contributed by atoms with E-state index in [1.165, 1.54) is 27.7 Å². The molecule has 0 aromatic rings. The van der Waals surface area contributed by atoms with Crippen molar-refractivity contribution in [2.24, 2.45) is 5.92 Å². The molecule has 0 saturated carbocycles. The molecule has 19 N–H and O–H groups in total. The lowest BCUT2D eigenvalue weighted by molar-refractivity contribution is -0.270. The molecule has 0 aromatic carbocycles. The highest BCUT2D eigenvalue weighted by Gasteiger charge is 2.47. The Morgan fingerprint density at radius 2 is 0.859 bits per heavy atom. The van der Waals surface area contributed by atoms with Crippen LogP contribution in [0.15, 0.2) is 0 Å². The minimum Gasteiger partial charge on any atom is -0.396 e. The smallest absolute Gasteiger partial charge is 0.243 e. The van der Waals surface area contributed by atoms with Crippen LogP contribution in [0.1, 0.15) is 183 Å². The summed E-state index contributed by atoms with van der Waals surface area (Å²) in [5, 5.41) is 126. The molecule has 99 heavy (non-hydrogen) atoms. The third kappa shape index (κ3) is 37.4. The van der Waals surface area contributed by atoms with E-state index in [9.17, 15) is 94.2 Å². The van der Waals surface area contributed by atoms with Crippen molar-refractivity contribution in [1.82, 2.24) is 47.9 Å². The van der Waals surface area contributed by atoms with Gasteiger partial charge in [0.15, 0.2) is 18.9 Å². The molecule has 8 unspecified atom stereocenters. The third-order valence-electron chi connectivity index (χ3n) is 16.6. The maximum Gasteiger partial charge on any atom is 0.243 e. The van der Waals surface area contributed by atoms with E-state index in [0.717, 1.165) is 0 Å². The van der Waals surface area contributed by atoms with Gasteiger partial charge in [-0.15, -0.1) is 0 Å². The maximum absolute atomic E-state index is 14.3. The summed E-state index contributed by atoms with van der Waals surface area (Å²) in [6.45, 7) is 8.12. The molecule has 0 aliphatic carbocycles. The van der Waals surface area contributed by atoms with Gasteiger partial charge in [0.1, 0.15) is 79.7 Å². The third-order valence-corrected chi connectivity index (χ3v) is 16.6. The summed E-state index contributed by atoms with van der Waals surface area (Å²) in [6.07, 6.45) is -7.27. The molecule has 2 heterocycles. The minimum absolute atomic E-state index is 0.000907. The first-order valence-corrected chi connectivity index (χ1v) is 35.0. The first kappa shape index (κ1) is 89.7. The summed E-state index contributed by atoms with van der Waals surface area (Å²) < 4.78 is 33.6. The second kappa shape index (κ2) is 51.7. The predicted molar refractivity (Wildman–Crippen MR) is 354 cm³/mol. The number of unbranched alkanes of at least 4 members (excludes halogenated alkanes) is 10. The van der Waals surface area contributed by atoms with Gasteiger partial charge in [0.25, 0.3) is 0 Å². The fourth-order valence-corrected chi connectivity index (χ4v) is 10.8. The molecule has 2 saturated heterocycles. The number of carbonyl (C=O) groups excluding carboxylic acids is 9. The number of hydrogen-bond donors (Lipinski definition) is 19. The van der Waals surface area contributed by atoms with Crippen molar-refractivity contribution >= 4 is 53.2 Å². The standard InChI is InChI=1S/C65H119N9O25/c1-39(2)97-38-69-50(83)27-11-7-17-31-68-61(91)44(23-15-18-29-66-48(81)25-12-8-20-32-94-63(93)52(70-41(4)78)58(88)55(85)40(3)35-75)74-62(92)45(73-51(84)28-14-10-22-34-96-65-54(72-43(6)80)60(90)57(87)47(37-77)99-65)24-16-19-30-67-49(82)26-13-9-21-33-95-64-53(71-42(5)79)59(89)56(86)46(36-76)98-64/h39-40,44-47,52-60,63-65,75-77,85-90,93H,7-38H2,1-6H3,(H,66,81)(H,67,82)(H,68,91)(H,69,83)(H,70,78)(H,71,79)(H,72,80)(H,73,84)(H,74,92)/t40?,44?,45?,46?,47?,52?,53?,54?,55-,56-,57-,58+,59+,60+,63-,64+,65+/m0/s1. The molecule has 0 radical (unpaired) electrons. The van der Waals surface area contributed by atoms with Crippen LogP contribution in [0.25, 0.3) is 0 Å². The van der Waals surface area contributed by atoms with Crippen LogP contribution in [0.5, 0.6) is 0 Å². The zero-order valence-electron chi connectivity index (χ0n) is 58.6. The van der Waals surface area contributed by atoms with E-state index >= 15 is 0 Å². The Bertz CT molecular complexity index is 2340. The first-order chi connectivity index (χ1) is 47.1. The Morgan fingerprint density at radius 3 is 1.30 bits per heavy atom. The Kier molecular flexibility index (Phi) is 46.8. The highest BCUT2D eigenvalue weighted by molar-refractivity contribution is 5.92. The highest BCUT2D eigenvalue weighted by Crippen LogP contribution is 2.25. The summed E-state index contributed by atoms with van der Waals surface area (Å²) in [5.41, 5.74) is 0. The van der Waals surface area contributed by atoms with Gasteiger partial charge >= 0.3 is 0 Å². The zero-order valence-corrected chi connectivity index (χ0v) is 58.6. The SMILES string of the molecule is CC(=O)NC1[C@H](OCCCCCC(=O)NCCCCC(NC(=O)CCCCCO[C@@H]2OC(CO)[C@H](O)[C@H](O)C2NC(C)=O)C(=O)NC(CCCCNC(=O)CCCCCO[C@H](O)C(NC(C)=O)[C@@H](O)[C@@H](O)C(C)CO)C(=O)NCCCCCC(=O)NCOC(C)C)OC(CO)[C@H](O)[C@@H]1O. The number of amides is 9. The molecular weight excluding hydrogens is 1310 g/mol. The van der Waals surface area contributed by atoms with Crippen LogP contribution in [0.4, 0.5) is 0 Å². The molecule has 9 amide bonds. The average Bonchev–Trinajstić information content (AvgIpc) is 0.817. The summed E-state index contributed by atoms with van der Waals surface area (Å²) in [5.74, 6) is -4.59. The lowest BCUT2D eigenvalue weighted by Gasteiger charge is -2.42. The lowest BCUT2D eigenvalue weighted by Crippen LogP contribution is -2.64. The molecule has 0 bridgehead atoms. The molecular formula is C65H119N9O25. The van der Waals surface area contributed by atoms with Crippen molar-refractivity contribution in [3.8, 4) is 0 Å². The number of carbonyl (C=O) groups is 9. The predicted octanol–water partition coefficient (Wildman–Crippen LogP) is -3.50. The van der Waals surface area contributed by atoms with Gasteiger partial charge in [-0.1, -0.05) is 32.6 Å². The van der Waals surface area contributed by atoms with Crippen molar-refractivity contribution in [2.75, 3.05) is 66.0 Å². The van der Waals surface area contributed by atoms with E-state index < -0.39 is 159 Å². The normalized spacial score (nSPS) is 22.9. The van der Waals surface area contributed by atoms with Gasteiger partial charge in [0.2, 0.25) is 53.2 Å². The number of aliphatic hydroxyl groups excluding tert-OH is 10. The molecule has 17 atom stereocenters. The van der Waals surface area contributed by atoms with Crippen molar-refractivity contribution in [2.45, 2.75) is 287 Å². The maximum atomic E-state index is 14.3. The van der Waals surface area contributed by atoms with E-state index in [-0.39, 0.29) is 109 Å². The van der Waals surface area contributed by atoms with Crippen LogP contribution >= 0.6 is 0 Å². The van der Waals surface area contributed by atoms with Crippen LogP contribution < -0.4 is 47.9 Å². The Balaban J connectivity index is 2.10. The van der Waals surface area contributed by atoms with Gasteiger partial charge in [-0.05, 0) is 104 Å². The molecule has 34 heteroatoms. The van der Waals surface area contributed by atoms with Crippen molar-refractivity contribution in [3.05, 3.63) is 0 Å². The molecule has 0 spiro atoms. The summed E-state index contributed by atoms with van der Waals surface area (Å²) in [7, 11) is 0. The van der Waals surface area contributed by atoms with E-state index in [0.29, 0.717) is 103 Å². The van der Waals surface area contributed by atoms with Crippen LogP contribution in [0, 0.1) is 5.92 Å². The van der Waals surface area contributed by atoms with Gasteiger partial charge < -0.3 is 127 Å². The van der Waals surface area contributed by atoms with Gasteiger partial charge in [-0.3, -0.25) is 43.2 Å². The molecule has 2 aliphatic rings. The second-order valence-corrected chi connectivity index (χ2v) is 25.6. The van der Waals surface area contributed by atoms with Gasteiger partial charge in [-0.25, -0.2) is 0 Å². The van der Waals surface area contributed by atoms with Crippen LogP contribution in [-0.4, -0.2) is 274 Å². The second-order valence-electron chi connectivity index (χ2n) is 25.6. The molecule has 34 nitrogen and oxygen atoms in total. The van der Waals surface area contributed by atoms with E-state index in [1.54, 1.807) is 0 Å². The number of hydrogen-bond acceptors (Lipinski definition) is 25. The number of rotatable bonds is 54. The molecule has 0 aromatic heterocycles. The quantitative estimate of drug-likeness (QED) is 0.0207. The number of nitrogens with one attached hydrogen (secondary N) is 9. The number of aliphatic hydroxyl groups is 10. The summed E-state index contributed by atoms with van der Waals surface area (Å²) in [4.78, 5) is 115. The zero-order chi connectivity index (χ0) is 73.8. The van der Waals surface area contributed by atoms with Crippen LogP contribution in [0.3, 0.4) is 0 Å². The van der Waals surface area contributed by atoms with Crippen molar-refractivity contribution in [1.29, 1.82) is 0 Å². The Labute approximate surface area is 580 Å². The summed E-state index contributed by atoms with van der Waals surface area (Å²) in [6, 6.07) is -5.79. The average molecular weight is 1430 g/mol. The molecule has 2 fully saturated rings. The minimum atomic E-state index is -1.68. The Hall–Kier alpha value is -5.41. The van der Waals surface area contributed by atoms with Gasteiger partial charge in [0, 0.05) is 98.4 Å². The van der Waals surface area contributed by atoms with E-state index in [1.807, 2.05) is 13.8 Å². The number of ether oxygens (including phenoxy) is 6. The fraction of sp³-hybridized carbons (Fsp3) is 0.862. The van der Waals surface area contributed by atoms with E-state index in [4.69, 9.17) is 28.4 Å². The van der Waals surface area contributed by atoms with E-state index in [2.05, 4.69) is 47.9 Å². The highest BCUT2D eigenvalue weighted by atomic mass is 16.7. The van der Waals surface area contributed by atoms with Crippen molar-refractivity contribution < 1.29 is 123 Å². The lowest BCUT2D eigenvalue weighted by atomic mass is 9.95. The Morgan fingerprint density at radius 1 is 0.434 bits per heavy atom. The van der Waals surface area contributed by atoms with Crippen molar-refractivity contribution in [3.63, 3.8) is 0 Å². The van der Waals surface area contributed by atoms with Crippen LogP contribution in [0.2, 0.25) is 0 Å². The fourth-order valence-electron chi connectivity index (χ4n) is 10.8. The van der Waals surface area contributed by atoms with Gasteiger partial charge in [0.05, 0.1) is 25.4 Å². The monoisotopic (exact) mass is 1430 g/mol. The summed E-state index contributed by atoms with van der Waals surface area (Å²) >= 11 is 0. The first-order valence-electron chi connectivity index (χ1n) is 35.0. The molecule has 2 aliphatic heterocycles.